The van der Waals surface area contributed by atoms with E-state index in [0.29, 0.717) is 0 Å². The second kappa shape index (κ2) is 40.9. The average molecular weight is 92.0 g/mol. The minimum Gasteiger partial charge on any atom is -0.412 e. The summed E-state index contributed by atoms with van der Waals surface area (Å²) in [5.74, 6) is 0. The molecule has 29 valence electrons. The van der Waals surface area contributed by atoms with Crippen LogP contribution < -0.4 is 0 Å². The van der Waals surface area contributed by atoms with E-state index < -0.39 is 0 Å². The largest absolute Gasteiger partial charge is 0.412 e. The summed E-state index contributed by atoms with van der Waals surface area (Å²) in [5, 5.41) is 7.89. The Balaban J connectivity index is -0.0000000200. The zero-order valence-corrected chi connectivity index (χ0v) is 3.53. The summed E-state index contributed by atoms with van der Waals surface area (Å²) in [7, 11) is 0. The molecule has 0 aliphatic heterocycles. The number of rotatable bonds is 0. The lowest BCUT2D eigenvalue weighted by atomic mass is 13.4. The summed E-state index contributed by atoms with van der Waals surface area (Å²) in [4.78, 5) is 8.11. The fraction of sp³-hybridized carbons (Fsp3) is 0. The van der Waals surface area contributed by atoms with E-state index >= 15 is 0 Å². The van der Waals surface area contributed by atoms with Crippen LogP contribution in [0.15, 0.2) is 5.34 Å². The van der Waals surface area contributed by atoms with E-state index in [-0.39, 0.29) is 22.8 Å². The Morgan fingerprint density at radius 3 is 1.60 bits per heavy atom. The minimum absolute atomic E-state index is 0. The van der Waals surface area contributed by atoms with E-state index in [1.54, 1.807) is 0 Å². The average Bonchev–Trinajstić information content (AvgIpc) is 0.918. The van der Waals surface area contributed by atoms with E-state index in [1.165, 1.54) is 5.34 Å². The maximum absolute atomic E-state index is 8.11. The number of hydrogen-bond donors (Lipinski definition) is 1. The van der Waals surface area contributed by atoms with Crippen LogP contribution in [0.5, 0.6) is 0 Å². The van der Waals surface area contributed by atoms with E-state index in [4.69, 9.17) is 10.1 Å². The van der Waals surface area contributed by atoms with Crippen molar-refractivity contribution >= 4 is 17.4 Å². The van der Waals surface area contributed by atoms with Gasteiger partial charge < -0.3 is 10.7 Å². The first-order valence-corrected chi connectivity index (χ1v) is 0.383. The van der Waals surface area contributed by atoms with Gasteiger partial charge in [0.1, 0.15) is 0 Å². The molecule has 0 rings (SSSR count). The molecule has 0 heterocycles. The molecule has 4 nitrogen and oxygen atoms in total. The molecular weight excluding hydrogens is 89.0 g/mol. The minimum atomic E-state index is 0. The van der Waals surface area contributed by atoms with Crippen molar-refractivity contribution in [3.63, 3.8) is 0 Å². The third kappa shape index (κ3) is 1210. The molecule has 0 fully saturated rings. The third-order valence-electron chi connectivity index (χ3n) is 0. The van der Waals surface area contributed by atoms with Crippen LogP contribution in [-0.4, -0.2) is 28.0 Å². The lowest BCUT2D eigenvalue weighted by Crippen LogP contribution is -1.25. The summed E-state index contributed by atoms with van der Waals surface area (Å²) in [6, 6.07) is 0. The Bertz CT molecular complexity index is 14.4. The molecule has 0 spiro atoms. The monoisotopic (exact) mass is 92.0 g/mol. The molecule has 5 heteroatoms. The van der Waals surface area contributed by atoms with Gasteiger partial charge in [-0.2, -0.15) is 0 Å². The van der Waals surface area contributed by atoms with Crippen LogP contribution in [0.4, 0.5) is 0 Å². The van der Waals surface area contributed by atoms with Gasteiger partial charge in [0.2, 0.25) is 0 Å². The van der Waals surface area contributed by atoms with Gasteiger partial charge in [0.15, 0.2) is 5.34 Å². The van der Waals surface area contributed by atoms with Gasteiger partial charge in [0.05, 0.1) is 0 Å². The molecule has 3 radical (unpaired) electrons. The summed E-state index contributed by atoms with van der Waals surface area (Å²) < 4.78 is 0. The smallest absolute Gasteiger partial charge is 0.152 e. The van der Waals surface area contributed by atoms with Crippen LogP contribution in [0.1, 0.15) is 0 Å². The molecule has 0 unspecified atom stereocenters. The normalized spacial score (nSPS) is 2.40. The predicted molar refractivity (Wildman–Crippen MR) is 16.9 cm³/mol. The van der Waals surface area contributed by atoms with E-state index in [0.717, 1.165) is 0 Å². The first kappa shape index (κ1) is 20.7. The standard InChI is InChI=1S/Al.HNO2.H2O/c;2-1-3;/h;(H,2,3);1H2. The summed E-state index contributed by atoms with van der Waals surface area (Å²) in [6.07, 6.45) is 0. The van der Waals surface area contributed by atoms with Gasteiger partial charge in [-0.05, 0) is 0 Å². The van der Waals surface area contributed by atoms with Crippen molar-refractivity contribution in [2.24, 2.45) is 5.34 Å². The quantitative estimate of drug-likeness (QED) is 0.234. The van der Waals surface area contributed by atoms with Crippen molar-refractivity contribution in [3.05, 3.63) is 4.91 Å². The van der Waals surface area contributed by atoms with Gasteiger partial charge in [-0.1, -0.05) is 0 Å². The molecule has 0 saturated carbocycles. The third-order valence-corrected chi connectivity index (χ3v) is 0. The molecule has 0 saturated heterocycles. The highest BCUT2D eigenvalue weighted by Crippen LogP contribution is 1.25. The summed E-state index contributed by atoms with van der Waals surface area (Å²) in [6.45, 7) is 0. The maximum atomic E-state index is 8.11. The fourth-order valence-corrected chi connectivity index (χ4v) is 0. The lowest BCUT2D eigenvalue weighted by Gasteiger charge is -1.32. The molecule has 0 aliphatic rings. The Morgan fingerprint density at radius 2 is 1.60 bits per heavy atom. The van der Waals surface area contributed by atoms with Crippen molar-refractivity contribution in [1.29, 1.82) is 0 Å². The Hall–Kier alpha value is -0.108. The fourth-order valence-electron chi connectivity index (χ4n) is 0. The number of nitrogens with zero attached hydrogens (tertiary/aromatic N) is 1. The molecule has 0 aliphatic carbocycles. The van der Waals surface area contributed by atoms with E-state index in [9.17, 15) is 0 Å². The molecule has 5 heavy (non-hydrogen) atoms. The highest BCUT2D eigenvalue weighted by molar-refractivity contribution is 5.75. The molecule has 3 N–H and O–H groups in total. The Kier molecular flexibility index (Phi) is 169. The van der Waals surface area contributed by atoms with E-state index in [1.807, 2.05) is 0 Å². The van der Waals surface area contributed by atoms with Crippen LogP contribution in [0.2, 0.25) is 0 Å². The predicted octanol–water partition coefficient (Wildman–Crippen LogP) is -1.06. The Labute approximate surface area is 39.2 Å². The topological polar surface area (TPSA) is 81.2 Å². The van der Waals surface area contributed by atoms with Gasteiger partial charge in [-0.25, -0.2) is 0 Å². The highest BCUT2D eigenvalue weighted by Gasteiger charge is 1.18. The van der Waals surface area contributed by atoms with Gasteiger partial charge >= 0.3 is 0 Å². The van der Waals surface area contributed by atoms with Crippen molar-refractivity contribution in [2.75, 3.05) is 0 Å². The van der Waals surface area contributed by atoms with Crippen molar-refractivity contribution in [2.45, 2.75) is 0 Å². The molecule has 0 aromatic heterocycles. The first-order valence-electron chi connectivity index (χ1n) is 0.383. The van der Waals surface area contributed by atoms with Crippen LogP contribution >= 0.6 is 0 Å². The summed E-state index contributed by atoms with van der Waals surface area (Å²) in [5.41, 5.74) is 0. The zero-order valence-electron chi connectivity index (χ0n) is 2.38. The zero-order chi connectivity index (χ0) is 2.71. The van der Waals surface area contributed by atoms with Gasteiger partial charge in [0, 0.05) is 17.4 Å². The van der Waals surface area contributed by atoms with Crippen molar-refractivity contribution < 1.29 is 10.7 Å². The second-order valence-electron chi connectivity index (χ2n) is 0.0816. The first-order chi connectivity index (χ1) is 1.41. The second-order valence-corrected chi connectivity index (χ2v) is 0.0816. The maximum Gasteiger partial charge on any atom is 0.152 e. The van der Waals surface area contributed by atoms with Crippen LogP contribution in [0, 0.1) is 4.91 Å². The lowest BCUT2D eigenvalue weighted by molar-refractivity contribution is 0.312. The molecule has 0 bridgehead atoms. The van der Waals surface area contributed by atoms with Crippen molar-refractivity contribution in [1.82, 2.24) is 0 Å². The van der Waals surface area contributed by atoms with Crippen molar-refractivity contribution in [3.8, 4) is 0 Å². The molecular formula is H3AlNO3. The molecule has 0 atom stereocenters. The Morgan fingerprint density at radius 1 is 1.60 bits per heavy atom. The van der Waals surface area contributed by atoms with Gasteiger partial charge in [0.25, 0.3) is 0 Å². The van der Waals surface area contributed by atoms with E-state index in [2.05, 4.69) is 0 Å². The SMILES string of the molecule is O.O=NO.[Al]. The van der Waals surface area contributed by atoms with Crippen LogP contribution in [0.3, 0.4) is 0 Å². The molecule has 0 amide bonds. The highest BCUT2D eigenvalue weighted by atomic mass is 27.0. The van der Waals surface area contributed by atoms with Crippen LogP contribution in [0.25, 0.3) is 0 Å². The molecule has 0 aromatic rings. The van der Waals surface area contributed by atoms with Gasteiger partial charge in [-0.15, -0.1) is 4.91 Å². The number of hydrogen-bond acceptors (Lipinski definition) is 2. The van der Waals surface area contributed by atoms with Gasteiger partial charge in [-0.3, -0.25) is 0 Å². The van der Waals surface area contributed by atoms with Crippen LogP contribution in [-0.2, 0) is 0 Å². The summed E-state index contributed by atoms with van der Waals surface area (Å²) >= 11 is 0. The molecule has 0 aromatic carbocycles.